The summed E-state index contributed by atoms with van der Waals surface area (Å²) < 4.78 is 5.80. The molecule has 0 bridgehead atoms. The van der Waals surface area contributed by atoms with Crippen molar-refractivity contribution in [1.82, 2.24) is 0 Å². The van der Waals surface area contributed by atoms with Gasteiger partial charge in [0.15, 0.2) is 0 Å². The van der Waals surface area contributed by atoms with Crippen LogP contribution in [-0.2, 0) is 4.43 Å². The van der Waals surface area contributed by atoms with E-state index >= 15 is 0 Å². The second-order valence-electron chi connectivity index (χ2n) is 4.61. The van der Waals surface area contributed by atoms with Crippen molar-refractivity contribution in [3.8, 4) is 0 Å². The lowest BCUT2D eigenvalue weighted by Gasteiger charge is -2.31. The van der Waals surface area contributed by atoms with E-state index in [1.165, 1.54) is 57.8 Å². The minimum atomic E-state index is 0.233. The largest absolute Gasteiger partial charge is 0.422 e. The van der Waals surface area contributed by atoms with Gasteiger partial charge in [0.1, 0.15) is 10.5 Å². The standard InChI is InChI=1S/C13H30OSi/c1-4-7-8-9-10-11-12-13(5-2,6-3)14-15/h4-12H2,1-3,15H3. The molecule has 0 aliphatic heterocycles. The van der Waals surface area contributed by atoms with Crippen LogP contribution in [0.15, 0.2) is 0 Å². The summed E-state index contributed by atoms with van der Waals surface area (Å²) in [5, 5.41) is 0. The molecule has 0 aromatic heterocycles. The van der Waals surface area contributed by atoms with Crippen LogP contribution in [0.5, 0.6) is 0 Å². The highest BCUT2D eigenvalue weighted by molar-refractivity contribution is 5.98. The van der Waals surface area contributed by atoms with Gasteiger partial charge < -0.3 is 4.43 Å². The average molecular weight is 230 g/mol. The molecule has 0 radical (unpaired) electrons. The lowest BCUT2D eigenvalue weighted by molar-refractivity contribution is 0.0583. The Morgan fingerprint density at radius 1 is 0.867 bits per heavy atom. The number of rotatable bonds is 10. The minimum absolute atomic E-state index is 0.233. The van der Waals surface area contributed by atoms with Crippen LogP contribution in [0.3, 0.4) is 0 Å². The van der Waals surface area contributed by atoms with Gasteiger partial charge in [0, 0.05) is 0 Å². The van der Waals surface area contributed by atoms with Gasteiger partial charge in [-0.1, -0.05) is 59.3 Å². The molecule has 92 valence electrons. The molecule has 0 atom stereocenters. The number of unbranched alkanes of at least 4 members (excludes halogenated alkanes) is 5. The first-order valence-electron chi connectivity index (χ1n) is 6.79. The molecule has 0 saturated carbocycles. The molecular weight excluding hydrogens is 200 g/mol. The highest BCUT2D eigenvalue weighted by Gasteiger charge is 2.23. The first-order valence-corrected chi connectivity index (χ1v) is 7.61. The third-order valence-electron chi connectivity index (χ3n) is 3.71. The fourth-order valence-corrected chi connectivity index (χ4v) is 3.00. The zero-order chi connectivity index (χ0) is 11.6. The summed E-state index contributed by atoms with van der Waals surface area (Å²) in [6, 6.07) is 0. The maximum absolute atomic E-state index is 5.80. The fraction of sp³-hybridized carbons (Fsp3) is 1.00. The predicted octanol–water partition coefficient (Wildman–Crippen LogP) is 3.59. The zero-order valence-corrected chi connectivity index (χ0v) is 13.3. The van der Waals surface area contributed by atoms with Crippen molar-refractivity contribution in [1.29, 1.82) is 0 Å². The quantitative estimate of drug-likeness (QED) is 0.412. The van der Waals surface area contributed by atoms with Crippen molar-refractivity contribution in [3.63, 3.8) is 0 Å². The Labute approximate surface area is 99.5 Å². The van der Waals surface area contributed by atoms with Crippen molar-refractivity contribution >= 4 is 10.5 Å². The van der Waals surface area contributed by atoms with E-state index in [0.29, 0.717) is 0 Å². The van der Waals surface area contributed by atoms with E-state index in [2.05, 4.69) is 20.8 Å². The summed E-state index contributed by atoms with van der Waals surface area (Å²) in [7, 11) is 0.886. The molecule has 2 heteroatoms. The van der Waals surface area contributed by atoms with Gasteiger partial charge in [-0.25, -0.2) is 0 Å². The Bertz CT molecular complexity index is 124. The molecule has 0 aliphatic carbocycles. The third kappa shape index (κ3) is 6.36. The molecule has 0 heterocycles. The summed E-state index contributed by atoms with van der Waals surface area (Å²) in [6.45, 7) is 6.80. The van der Waals surface area contributed by atoms with Crippen LogP contribution in [0, 0.1) is 0 Å². The summed E-state index contributed by atoms with van der Waals surface area (Å²) >= 11 is 0. The van der Waals surface area contributed by atoms with Crippen LogP contribution < -0.4 is 0 Å². The van der Waals surface area contributed by atoms with Crippen LogP contribution in [-0.4, -0.2) is 16.1 Å². The molecule has 0 spiro atoms. The first-order chi connectivity index (χ1) is 7.24. The van der Waals surface area contributed by atoms with E-state index in [9.17, 15) is 0 Å². The van der Waals surface area contributed by atoms with Crippen molar-refractivity contribution in [2.75, 3.05) is 0 Å². The normalized spacial score (nSPS) is 12.2. The van der Waals surface area contributed by atoms with Crippen molar-refractivity contribution in [2.45, 2.75) is 84.2 Å². The van der Waals surface area contributed by atoms with E-state index in [1.54, 1.807) is 0 Å². The van der Waals surface area contributed by atoms with Gasteiger partial charge in [-0.15, -0.1) is 0 Å². The average Bonchev–Trinajstić information content (AvgIpc) is 2.29. The van der Waals surface area contributed by atoms with Crippen LogP contribution in [0.4, 0.5) is 0 Å². The van der Waals surface area contributed by atoms with Crippen molar-refractivity contribution in [2.24, 2.45) is 0 Å². The van der Waals surface area contributed by atoms with Gasteiger partial charge in [-0.3, -0.25) is 0 Å². The van der Waals surface area contributed by atoms with Gasteiger partial charge in [-0.05, 0) is 19.3 Å². The summed E-state index contributed by atoms with van der Waals surface area (Å²) in [5.41, 5.74) is 0.233. The molecule has 0 N–H and O–H groups in total. The van der Waals surface area contributed by atoms with Crippen molar-refractivity contribution in [3.05, 3.63) is 0 Å². The molecule has 0 aromatic rings. The monoisotopic (exact) mass is 230 g/mol. The van der Waals surface area contributed by atoms with E-state index < -0.39 is 0 Å². The predicted molar refractivity (Wildman–Crippen MR) is 72.3 cm³/mol. The van der Waals surface area contributed by atoms with E-state index in [1.807, 2.05) is 0 Å². The molecule has 0 saturated heterocycles. The SMILES string of the molecule is CCCCCCCCC(CC)(CC)O[SiH3]. The maximum Gasteiger partial charge on any atom is 0.146 e. The Morgan fingerprint density at radius 3 is 1.87 bits per heavy atom. The van der Waals surface area contributed by atoms with Gasteiger partial charge in [0.25, 0.3) is 0 Å². The van der Waals surface area contributed by atoms with Gasteiger partial charge >= 0.3 is 0 Å². The number of hydrogen-bond acceptors (Lipinski definition) is 1. The fourth-order valence-electron chi connectivity index (χ4n) is 2.22. The zero-order valence-electron chi connectivity index (χ0n) is 11.3. The van der Waals surface area contributed by atoms with Gasteiger partial charge in [0.05, 0.1) is 5.60 Å². The summed E-state index contributed by atoms with van der Waals surface area (Å²) in [6.07, 6.45) is 12.0. The smallest absolute Gasteiger partial charge is 0.146 e. The van der Waals surface area contributed by atoms with Gasteiger partial charge in [0.2, 0.25) is 0 Å². The second-order valence-corrected chi connectivity index (χ2v) is 5.02. The molecule has 0 aliphatic rings. The second kappa shape index (κ2) is 9.41. The minimum Gasteiger partial charge on any atom is -0.422 e. The molecule has 0 aromatic carbocycles. The highest BCUT2D eigenvalue weighted by Crippen LogP contribution is 2.26. The van der Waals surface area contributed by atoms with Crippen LogP contribution in [0.25, 0.3) is 0 Å². The maximum atomic E-state index is 5.80. The molecule has 0 fully saturated rings. The first kappa shape index (κ1) is 15.2. The number of hydrogen-bond donors (Lipinski definition) is 0. The summed E-state index contributed by atoms with van der Waals surface area (Å²) in [5.74, 6) is 0. The molecule has 15 heavy (non-hydrogen) atoms. The molecular formula is C13H30OSi. The lowest BCUT2D eigenvalue weighted by Crippen LogP contribution is -2.30. The Kier molecular flexibility index (Phi) is 9.52. The van der Waals surface area contributed by atoms with E-state index in [4.69, 9.17) is 4.43 Å². The summed E-state index contributed by atoms with van der Waals surface area (Å²) in [4.78, 5) is 0. The molecule has 1 nitrogen and oxygen atoms in total. The Balaban J connectivity index is 3.54. The topological polar surface area (TPSA) is 9.23 Å². The van der Waals surface area contributed by atoms with Crippen LogP contribution in [0.2, 0.25) is 0 Å². The van der Waals surface area contributed by atoms with Crippen LogP contribution >= 0.6 is 0 Å². The molecule has 0 rings (SSSR count). The van der Waals surface area contributed by atoms with Crippen molar-refractivity contribution < 1.29 is 4.43 Å². The van der Waals surface area contributed by atoms with Gasteiger partial charge in [-0.2, -0.15) is 0 Å². The molecule has 0 amide bonds. The van der Waals surface area contributed by atoms with Crippen LogP contribution in [0.1, 0.15) is 78.6 Å². The third-order valence-corrected chi connectivity index (χ3v) is 4.57. The Hall–Kier alpha value is 0.177. The highest BCUT2D eigenvalue weighted by atomic mass is 28.2. The Morgan fingerprint density at radius 2 is 1.40 bits per heavy atom. The van der Waals surface area contributed by atoms with E-state index in [-0.39, 0.29) is 5.60 Å². The lowest BCUT2D eigenvalue weighted by atomic mass is 9.90. The molecule has 0 unspecified atom stereocenters. The van der Waals surface area contributed by atoms with E-state index in [0.717, 1.165) is 10.5 Å².